The number of hydrogen-bond donors (Lipinski definition) is 3. The Bertz CT molecular complexity index is 377. The maximum absolute atomic E-state index is 12.0. The fourth-order valence-corrected chi connectivity index (χ4v) is 1.55. The molecule has 18 heavy (non-hydrogen) atoms. The molecule has 0 spiro atoms. The number of nitrogen functional groups attached to an aromatic ring is 1. The molecule has 1 rings (SSSR count). The maximum Gasteiger partial charge on any atom is 0.411 e. The van der Waals surface area contributed by atoms with Gasteiger partial charge in [-0.05, 0) is 18.6 Å². The van der Waals surface area contributed by atoms with E-state index in [2.05, 4.69) is 15.1 Å². The molecule has 0 aromatic carbocycles. The number of halogens is 3. The van der Waals surface area contributed by atoms with Gasteiger partial charge in [-0.3, -0.25) is 11.3 Å². The van der Waals surface area contributed by atoms with E-state index in [0.29, 0.717) is 5.56 Å². The van der Waals surface area contributed by atoms with Gasteiger partial charge in [0, 0.05) is 11.8 Å². The van der Waals surface area contributed by atoms with E-state index in [-0.39, 0.29) is 12.4 Å². The minimum absolute atomic E-state index is 0.216. The van der Waals surface area contributed by atoms with Crippen LogP contribution in [0.15, 0.2) is 12.3 Å². The number of nitrogens with zero attached hydrogens (tertiary/aromatic N) is 1. The third-order valence-corrected chi connectivity index (χ3v) is 2.34. The molecular weight excluding hydrogens is 249 g/mol. The minimum Gasteiger partial charge on any atom is -0.383 e. The monoisotopic (exact) mass is 264 g/mol. The molecule has 0 amide bonds. The molecule has 1 aromatic rings. The van der Waals surface area contributed by atoms with E-state index in [9.17, 15) is 13.2 Å². The normalized spacial score (nSPS) is 13.6. The van der Waals surface area contributed by atoms with Crippen LogP contribution in [0, 0.1) is 6.92 Å². The zero-order valence-electron chi connectivity index (χ0n) is 9.79. The summed E-state index contributed by atoms with van der Waals surface area (Å²) >= 11 is 0. The molecule has 0 bridgehead atoms. The maximum atomic E-state index is 12.0. The molecule has 1 atom stereocenters. The van der Waals surface area contributed by atoms with Crippen molar-refractivity contribution in [3.05, 3.63) is 23.4 Å². The van der Waals surface area contributed by atoms with E-state index in [1.165, 1.54) is 6.20 Å². The quantitative estimate of drug-likeness (QED) is 0.547. The Balaban J connectivity index is 2.72. The molecule has 1 heterocycles. The van der Waals surface area contributed by atoms with Crippen molar-refractivity contribution in [3.8, 4) is 0 Å². The number of anilines is 1. The predicted molar refractivity (Wildman–Crippen MR) is 60.3 cm³/mol. The standard InChI is InChI=1S/C10H15F3N4O/c1-6-2-3-16-9(14)8(6)7(17-15)4-18-5-10(11,12)13/h2-3,7,17H,4-5,15H2,1H3,(H2,14,16). The van der Waals surface area contributed by atoms with Crippen LogP contribution in [0.3, 0.4) is 0 Å². The van der Waals surface area contributed by atoms with Gasteiger partial charge in [-0.15, -0.1) is 0 Å². The molecule has 5 N–H and O–H groups in total. The Labute approximate surface area is 102 Å². The number of nitrogens with one attached hydrogen (secondary N) is 1. The Kier molecular flexibility index (Phi) is 4.88. The number of hydrogen-bond acceptors (Lipinski definition) is 5. The number of pyridine rings is 1. The van der Waals surface area contributed by atoms with E-state index in [0.717, 1.165) is 5.56 Å². The summed E-state index contributed by atoms with van der Waals surface area (Å²) in [4.78, 5) is 3.87. The van der Waals surface area contributed by atoms with Gasteiger partial charge in [0.25, 0.3) is 0 Å². The molecule has 8 heteroatoms. The smallest absolute Gasteiger partial charge is 0.383 e. The van der Waals surface area contributed by atoms with Crippen LogP contribution < -0.4 is 17.0 Å². The SMILES string of the molecule is Cc1ccnc(N)c1C(COCC(F)(F)F)NN. The summed E-state index contributed by atoms with van der Waals surface area (Å²) in [5.74, 6) is 5.51. The third-order valence-electron chi connectivity index (χ3n) is 2.34. The van der Waals surface area contributed by atoms with Gasteiger partial charge in [0.1, 0.15) is 12.4 Å². The lowest BCUT2D eigenvalue weighted by molar-refractivity contribution is -0.175. The van der Waals surface area contributed by atoms with Crippen molar-refractivity contribution >= 4 is 5.82 Å². The van der Waals surface area contributed by atoms with Gasteiger partial charge in [0.2, 0.25) is 0 Å². The van der Waals surface area contributed by atoms with Crippen molar-refractivity contribution in [1.29, 1.82) is 0 Å². The van der Waals surface area contributed by atoms with E-state index >= 15 is 0 Å². The molecule has 1 aromatic heterocycles. The number of alkyl halides is 3. The van der Waals surface area contributed by atoms with Crippen molar-refractivity contribution in [1.82, 2.24) is 10.4 Å². The highest BCUT2D eigenvalue weighted by Gasteiger charge is 2.28. The van der Waals surface area contributed by atoms with Gasteiger partial charge in [-0.1, -0.05) is 0 Å². The Morgan fingerprint density at radius 1 is 1.50 bits per heavy atom. The lowest BCUT2D eigenvalue weighted by Crippen LogP contribution is -2.33. The van der Waals surface area contributed by atoms with Crippen LogP contribution in [0.25, 0.3) is 0 Å². The van der Waals surface area contributed by atoms with Crippen LogP contribution in [0.5, 0.6) is 0 Å². The van der Waals surface area contributed by atoms with Crippen LogP contribution in [0.2, 0.25) is 0 Å². The Morgan fingerprint density at radius 2 is 2.17 bits per heavy atom. The summed E-state index contributed by atoms with van der Waals surface area (Å²) in [6, 6.07) is 1.06. The highest BCUT2D eigenvalue weighted by molar-refractivity contribution is 5.46. The molecule has 102 valence electrons. The number of hydrazine groups is 1. The second kappa shape index (κ2) is 5.98. The van der Waals surface area contributed by atoms with Crippen molar-refractivity contribution in [3.63, 3.8) is 0 Å². The second-order valence-corrected chi connectivity index (χ2v) is 3.78. The average molecular weight is 264 g/mol. The van der Waals surface area contributed by atoms with Crippen LogP contribution in [-0.4, -0.2) is 24.4 Å². The first-order valence-electron chi connectivity index (χ1n) is 5.16. The van der Waals surface area contributed by atoms with E-state index in [1.807, 2.05) is 0 Å². The number of rotatable bonds is 5. The molecule has 0 aliphatic rings. The Hall–Kier alpha value is -1.38. The number of ether oxygens (including phenoxy) is 1. The van der Waals surface area contributed by atoms with Gasteiger partial charge in [-0.2, -0.15) is 13.2 Å². The molecule has 0 fully saturated rings. The minimum atomic E-state index is -4.37. The van der Waals surface area contributed by atoms with Gasteiger partial charge in [0.15, 0.2) is 0 Å². The summed E-state index contributed by atoms with van der Waals surface area (Å²) in [6.07, 6.45) is -2.85. The van der Waals surface area contributed by atoms with E-state index < -0.39 is 18.8 Å². The largest absolute Gasteiger partial charge is 0.411 e. The molecule has 0 aliphatic heterocycles. The summed E-state index contributed by atoms with van der Waals surface area (Å²) in [5.41, 5.74) is 9.37. The van der Waals surface area contributed by atoms with Crippen molar-refractivity contribution in [2.75, 3.05) is 18.9 Å². The summed E-state index contributed by atoms with van der Waals surface area (Å²) < 4.78 is 40.4. The lowest BCUT2D eigenvalue weighted by atomic mass is 10.0. The Morgan fingerprint density at radius 3 is 2.67 bits per heavy atom. The zero-order chi connectivity index (χ0) is 13.8. The molecule has 0 saturated carbocycles. The first-order chi connectivity index (χ1) is 8.35. The van der Waals surface area contributed by atoms with Gasteiger partial charge >= 0.3 is 6.18 Å². The fraction of sp³-hybridized carbons (Fsp3) is 0.500. The summed E-state index contributed by atoms with van der Waals surface area (Å²) in [7, 11) is 0. The lowest BCUT2D eigenvalue weighted by Gasteiger charge is -2.20. The number of aryl methyl sites for hydroxylation is 1. The van der Waals surface area contributed by atoms with Gasteiger partial charge in [-0.25, -0.2) is 4.98 Å². The van der Waals surface area contributed by atoms with Gasteiger partial charge < -0.3 is 10.5 Å². The third kappa shape index (κ3) is 4.13. The zero-order valence-corrected chi connectivity index (χ0v) is 9.79. The molecule has 0 aliphatic carbocycles. The molecular formula is C10H15F3N4O. The van der Waals surface area contributed by atoms with Crippen LogP contribution >= 0.6 is 0 Å². The van der Waals surface area contributed by atoms with Crippen molar-refractivity contribution in [2.45, 2.75) is 19.1 Å². The van der Waals surface area contributed by atoms with Crippen LogP contribution in [-0.2, 0) is 4.74 Å². The first kappa shape index (κ1) is 14.7. The average Bonchev–Trinajstić information content (AvgIpc) is 2.25. The first-order valence-corrected chi connectivity index (χ1v) is 5.16. The van der Waals surface area contributed by atoms with Crippen molar-refractivity contribution in [2.24, 2.45) is 5.84 Å². The highest BCUT2D eigenvalue weighted by Crippen LogP contribution is 2.23. The number of nitrogens with two attached hydrogens (primary N) is 2. The second-order valence-electron chi connectivity index (χ2n) is 3.78. The highest BCUT2D eigenvalue weighted by atomic mass is 19.4. The van der Waals surface area contributed by atoms with Gasteiger partial charge in [0.05, 0.1) is 12.6 Å². The van der Waals surface area contributed by atoms with Crippen LogP contribution in [0.1, 0.15) is 17.2 Å². The molecule has 0 saturated heterocycles. The predicted octanol–water partition coefficient (Wildman–Crippen LogP) is 1.06. The molecule has 5 nitrogen and oxygen atoms in total. The van der Waals surface area contributed by atoms with Crippen molar-refractivity contribution < 1.29 is 17.9 Å². The molecule has 1 unspecified atom stereocenters. The van der Waals surface area contributed by atoms with E-state index in [1.54, 1.807) is 13.0 Å². The fourth-order valence-electron chi connectivity index (χ4n) is 1.55. The summed E-state index contributed by atoms with van der Waals surface area (Å²) in [6.45, 7) is 0.193. The topological polar surface area (TPSA) is 86.2 Å². The summed E-state index contributed by atoms with van der Waals surface area (Å²) in [5, 5.41) is 0. The number of aromatic nitrogens is 1. The van der Waals surface area contributed by atoms with E-state index in [4.69, 9.17) is 11.6 Å². The molecule has 0 radical (unpaired) electrons. The van der Waals surface area contributed by atoms with Crippen LogP contribution in [0.4, 0.5) is 19.0 Å².